The Labute approximate surface area is 123 Å². The van der Waals surface area contributed by atoms with Crippen molar-refractivity contribution in [1.29, 1.82) is 5.26 Å². The Morgan fingerprint density at radius 2 is 2.38 bits per heavy atom. The minimum atomic E-state index is -1.03. The Kier molecular flexibility index (Phi) is 4.78. The van der Waals surface area contributed by atoms with Crippen molar-refractivity contribution in [3.8, 4) is 11.8 Å². The van der Waals surface area contributed by atoms with E-state index < -0.39 is 5.60 Å². The number of nitriles is 1. The molecule has 6 nitrogen and oxygen atoms in total. The van der Waals surface area contributed by atoms with Gasteiger partial charge in [-0.2, -0.15) is 5.26 Å². The van der Waals surface area contributed by atoms with Gasteiger partial charge in [0.2, 0.25) is 0 Å². The number of hydrogen-bond donors (Lipinski definition) is 2. The summed E-state index contributed by atoms with van der Waals surface area (Å²) in [6.45, 7) is 2.18. The average Bonchev–Trinajstić information content (AvgIpc) is 2.83. The normalized spacial score (nSPS) is 24.3. The van der Waals surface area contributed by atoms with Crippen LogP contribution in [0.1, 0.15) is 18.9 Å². The summed E-state index contributed by atoms with van der Waals surface area (Å²) in [6, 6.07) is 8.70. The zero-order chi connectivity index (χ0) is 15.3. The molecule has 1 aliphatic rings. The largest absolute Gasteiger partial charge is 0.482 e. The van der Waals surface area contributed by atoms with Crippen LogP contribution in [0, 0.1) is 11.3 Å². The second-order valence-corrected chi connectivity index (χ2v) is 5.04. The lowest BCUT2D eigenvalue weighted by atomic mass is 9.97. The molecule has 0 saturated carbocycles. The number of carbonyl (C=O) groups excluding carboxylic acids is 1. The fraction of sp³-hybridized carbons (Fsp3) is 0.467. The van der Waals surface area contributed by atoms with Crippen molar-refractivity contribution in [3.63, 3.8) is 0 Å². The highest BCUT2D eigenvalue weighted by molar-refractivity contribution is 5.77. The highest BCUT2D eigenvalue weighted by Gasteiger charge is 2.39. The number of benzene rings is 1. The SMILES string of the molecule is CC1OCCC1(O)CNC(=O)COc1ccccc1C#N. The van der Waals surface area contributed by atoms with Crippen molar-refractivity contribution < 1.29 is 19.4 Å². The predicted molar refractivity (Wildman–Crippen MR) is 74.6 cm³/mol. The average molecular weight is 290 g/mol. The molecule has 1 aromatic carbocycles. The van der Waals surface area contributed by atoms with Crippen molar-refractivity contribution in [1.82, 2.24) is 5.32 Å². The maximum absolute atomic E-state index is 11.8. The Morgan fingerprint density at radius 1 is 1.62 bits per heavy atom. The fourth-order valence-corrected chi connectivity index (χ4v) is 2.13. The van der Waals surface area contributed by atoms with E-state index in [0.29, 0.717) is 24.3 Å². The van der Waals surface area contributed by atoms with Gasteiger partial charge in [0.05, 0.1) is 11.7 Å². The monoisotopic (exact) mass is 290 g/mol. The van der Waals surface area contributed by atoms with Crippen molar-refractivity contribution >= 4 is 5.91 Å². The van der Waals surface area contributed by atoms with E-state index in [1.165, 1.54) is 0 Å². The number of ether oxygens (including phenoxy) is 2. The van der Waals surface area contributed by atoms with Gasteiger partial charge in [0.25, 0.3) is 5.91 Å². The summed E-state index contributed by atoms with van der Waals surface area (Å²) in [5.41, 5.74) is -0.651. The molecule has 1 fully saturated rings. The number of hydrogen-bond acceptors (Lipinski definition) is 5. The van der Waals surface area contributed by atoms with Gasteiger partial charge in [-0.05, 0) is 19.1 Å². The molecule has 1 amide bonds. The van der Waals surface area contributed by atoms with Crippen LogP contribution in [0.15, 0.2) is 24.3 Å². The Hall–Kier alpha value is -2.10. The number of amides is 1. The molecular formula is C15H18N2O4. The van der Waals surface area contributed by atoms with E-state index in [4.69, 9.17) is 14.7 Å². The van der Waals surface area contributed by atoms with Gasteiger partial charge in [-0.3, -0.25) is 4.79 Å². The molecule has 2 rings (SSSR count). The van der Waals surface area contributed by atoms with E-state index in [0.717, 1.165) is 0 Å². The zero-order valence-electron chi connectivity index (χ0n) is 11.8. The van der Waals surface area contributed by atoms with Gasteiger partial charge in [0.15, 0.2) is 6.61 Å². The molecule has 2 unspecified atom stereocenters. The molecule has 0 bridgehead atoms. The molecule has 1 aromatic rings. The molecule has 21 heavy (non-hydrogen) atoms. The Balaban J connectivity index is 1.82. The highest BCUT2D eigenvalue weighted by Crippen LogP contribution is 2.24. The van der Waals surface area contributed by atoms with E-state index in [9.17, 15) is 9.90 Å². The highest BCUT2D eigenvalue weighted by atomic mass is 16.5. The van der Waals surface area contributed by atoms with E-state index in [1.807, 2.05) is 6.07 Å². The molecule has 112 valence electrons. The summed E-state index contributed by atoms with van der Waals surface area (Å²) in [5.74, 6) is 0.0155. The molecule has 2 N–H and O–H groups in total. The quantitative estimate of drug-likeness (QED) is 0.828. The summed E-state index contributed by atoms with van der Waals surface area (Å²) in [4.78, 5) is 11.8. The third-order valence-corrected chi connectivity index (χ3v) is 3.62. The summed E-state index contributed by atoms with van der Waals surface area (Å²) in [6.07, 6.45) is 0.185. The first-order valence-electron chi connectivity index (χ1n) is 6.78. The molecule has 0 spiro atoms. The molecule has 1 saturated heterocycles. The second kappa shape index (κ2) is 6.57. The van der Waals surface area contributed by atoms with Gasteiger partial charge < -0.3 is 19.9 Å². The van der Waals surface area contributed by atoms with Gasteiger partial charge in [0, 0.05) is 19.6 Å². The number of aliphatic hydroxyl groups is 1. The molecule has 0 aliphatic carbocycles. The van der Waals surface area contributed by atoms with Crippen LogP contribution in [0.2, 0.25) is 0 Å². The molecule has 1 aliphatic heterocycles. The first-order valence-corrected chi connectivity index (χ1v) is 6.78. The zero-order valence-corrected chi connectivity index (χ0v) is 11.8. The van der Waals surface area contributed by atoms with Crippen LogP contribution in [0.5, 0.6) is 5.75 Å². The smallest absolute Gasteiger partial charge is 0.258 e. The van der Waals surface area contributed by atoms with Crippen molar-refractivity contribution in [2.24, 2.45) is 0 Å². The van der Waals surface area contributed by atoms with Crippen LogP contribution in [-0.4, -0.2) is 42.5 Å². The van der Waals surface area contributed by atoms with Crippen LogP contribution < -0.4 is 10.1 Å². The van der Waals surface area contributed by atoms with E-state index in [1.54, 1.807) is 31.2 Å². The predicted octanol–water partition coefficient (Wildman–Crippen LogP) is 0.593. The second-order valence-electron chi connectivity index (χ2n) is 5.04. The molecule has 0 radical (unpaired) electrons. The van der Waals surface area contributed by atoms with Crippen LogP contribution >= 0.6 is 0 Å². The topological polar surface area (TPSA) is 91.6 Å². The van der Waals surface area contributed by atoms with E-state index in [-0.39, 0.29) is 25.2 Å². The van der Waals surface area contributed by atoms with Crippen LogP contribution in [-0.2, 0) is 9.53 Å². The van der Waals surface area contributed by atoms with Crippen LogP contribution in [0.3, 0.4) is 0 Å². The molecule has 2 atom stereocenters. The number of rotatable bonds is 5. The molecule has 6 heteroatoms. The van der Waals surface area contributed by atoms with Gasteiger partial charge in [-0.15, -0.1) is 0 Å². The van der Waals surface area contributed by atoms with Gasteiger partial charge in [-0.25, -0.2) is 0 Å². The first kappa shape index (κ1) is 15.3. The number of nitrogens with zero attached hydrogens (tertiary/aromatic N) is 1. The van der Waals surface area contributed by atoms with Crippen molar-refractivity contribution in [2.45, 2.75) is 25.0 Å². The van der Waals surface area contributed by atoms with Gasteiger partial charge >= 0.3 is 0 Å². The molecule has 0 aromatic heterocycles. The third kappa shape index (κ3) is 3.72. The lowest BCUT2D eigenvalue weighted by molar-refractivity contribution is -0.124. The summed E-state index contributed by atoms with van der Waals surface area (Å²) >= 11 is 0. The third-order valence-electron chi connectivity index (χ3n) is 3.62. The maximum Gasteiger partial charge on any atom is 0.258 e. The minimum absolute atomic E-state index is 0.121. The van der Waals surface area contributed by atoms with Gasteiger partial charge in [0.1, 0.15) is 17.4 Å². The van der Waals surface area contributed by atoms with Crippen LogP contribution in [0.4, 0.5) is 0 Å². The van der Waals surface area contributed by atoms with Crippen molar-refractivity contribution in [2.75, 3.05) is 19.8 Å². The van der Waals surface area contributed by atoms with Crippen molar-refractivity contribution in [3.05, 3.63) is 29.8 Å². The van der Waals surface area contributed by atoms with E-state index >= 15 is 0 Å². The number of carbonyl (C=O) groups is 1. The fourth-order valence-electron chi connectivity index (χ4n) is 2.13. The number of para-hydroxylation sites is 1. The minimum Gasteiger partial charge on any atom is -0.482 e. The van der Waals surface area contributed by atoms with Crippen LogP contribution in [0.25, 0.3) is 0 Å². The lowest BCUT2D eigenvalue weighted by Crippen LogP contribution is -2.48. The summed E-state index contributed by atoms with van der Waals surface area (Å²) in [5, 5.41) is 21.8. The lowest BCUT2D eigenvalue weighted by Gasteiger charge is -2.26. The van der Waals surface area contributed by atoms with E-state index in [2.05, 4.69) is 5.32 Å². The standard InChI is InChI=1S/C15H18N2O4/c1-11-15(19,6-7-20-11)10-17-14(18)9-21-13-5-3-2-4-12(13)8-16/h2-5,11,19H,6-7,9-10H2,1H3,(H,17,18). The molecular weight excluding hydrogens is 272 g/mol. The first-order chi connectivity index (χ1) is 10.0. The summed E-state index contributed by atoms with van der Waals surface area (Å²) < 4.78 is 10.6. The Bertz CT molecular complexity index is 555. The maximum atomic E-state index is 11.8. The van der Waals surface area contributed by atoms with Gasteiger partial charge in [-0.1, -0.05) is 12.1 Å². The summed E-state index contributed by atoms with van der Waals surface area (Å²) in [7, 11) is 0. The molecule has 1 heterocycles. The number of nitrogens with one attached hydrogen (secondary N) is 1. The Morgan fingerprint density at radius 3 is 3.05 bits per heavy atom.